The molecule has 114 valence electrons. The summed E-state index contributed by atoms with van der Waals surface area (Å²) in [5.74, 6) is -0.0683. The van der Waals surface area contributed by atoms with E-state index in [-0.39, 0.29) is 22.8 Å². The molecule has 0 spiro atoms. The number of rotatable bonds is 2. The Bertz CT molecular complexity index is 656. The third-order valence-corrected chi connectivity index (χ3v) is 7.88. The minimum atomic E-state index is -3.72. The van der Waals surface area contributed by atoms with Gasteiger partial charge in [0.1, 0.15) is 0 Å². The Labute approximate surface area is 139 Å². The van der Waals surface area contributed by atoms with E-state index in [9.17, 15) is 13.2 Å². The molecule has 4 nitrogen and oxygen atoms in total. The smallest absolute Gasteiger partial charge is 0.266 e. The van der Waals surface area contributed by atoms with Crippen LogP contribution in [0.2, 0.25) is 0 Å². The average Bonchev–Trinajstić information content (AvgIpc) is 2.77. The molecular weight excluding hydrogens is 401 g/mol. The predicted molar refractivity (Wildman–Crippen MR) is 88.8 cm³/mol. The van der Waals surface area contributed by atoms with Crippen molar-refractivity contribution in [2.45, 2.75) is 47.5 Å². The summed E-state index contributed by atoms with van der Waals surface area (Å²) in [6.45, 7) is 1.91. The number of benzene rings is 1. The van der Waals surface area contributed by atoms with Crippen molar-refractivity contribution in [3.63, 3.8) is 0 Å². The lowest BCUT2D eigenvalue weighted by molar-refractivity contribution is -0.124. The van der Waals surface area contributed by atoms with Crippen molar-refractivity contribution in [2.75, 3.05) is 0 Å². The van der Waals surface area contributed by atoms with E-state index in [0.29, 0.717) is 10.3 Å². The van der Waals surface area contributed by atoms with Crippen LogP contribution in [0.15, 0.2) is 29.2 Å². The third-order valence-electron chi connectivity index (χ3n) is 4.47. The van der Waals surface area contributed by atoms with Gasteiger partial charge in [-0.15, -0.1) is 0 Å². The lowest BCUT2D eigenvalue weighted by atomic mass is 9.85. The zero-order valence-corrected chi connectivity index (χ0v) is 14.8. The van der Waals surface area contributed by atoms with Crippen LogP contribution in [0.25, 0.3) is 0 Å². The van der Waals surface area contributed by atoms with Crippen molar-refractivity contribution >= 4 is 38.5 Å². The van der Waals surface area contributed by atoms with Gasteiger partial charge >= 0.3 is 0 Å². The number of sulfonamides is 1. The van der Waals surface area contributed by atoms with Crippen LogP contribution in [0.1, 0.15) is 31.2 Å². The SMILES string of the molecule is Cc1ccc(S(=O)(=O)N2C(=O)C[C@@H]3[C@H](I)CCC[C@@H]32)cc1. The average molecular weight is 419 g/mol. The maximum atomic E-state index is 12.8. The summed E-state index contributed by atoms with van der Waals surface area (Å²) >= 11 is 2.37. The molecule has 2 aliphatic rings. The zero-order valence-electron chi connectivity index (χ0n) is 11.8. The highest BCUT2D eigenvalue weighted by molar-refractivity contribution is 14.1. The molecule has 3 atom stereocenters. The maximum absolute atomic E-state index is 12.8. The summed E-state index contributed by atoms with van der Waals surface area (Å²) in [6, 6.07) is 6.57. The van der Waals surface area contributed by atoms with E-state index in [1.165, 1.54) is 4.31 Å². The standard InChI is InChI=1S/C15H18INO3S/c1-10-5-7-11(8-6-10)21(19,20)17-14-4-2-3-13(16)12(14)9-15(17)18/h5-8,12-14H,2-4,9H2,1H3/t12-,13-,14+/m1/s1. The number of alkyl halides is 1. The Hall–Kier alpha value is -0.630. The van der Waals surface area contributed by atoms with Crippen LogP contribution in [-0.2, 0) is 14.8 Å². The Morgan fingerprint density at radius 3 is 2.52 bits per heavy atom. The minimum absolute atomic E-state index is 0.153. The van der Waals surface area contributed by atoms with Crippen LogP contribution < -0.4 is 0 Å². The van der Waals surface area contributed by atoms with Gasteiger partial charge in [0.05, 0.1) is 10.9 Å². The van der Waals surface area contributed by atoms with Gasteiger partial charge < -0.3 is 0 Å². The first-order valence-corrected chi connectivity index (χ1v) is 9.88. The monoisotopic (exact) mass is 419 g/mol. The summed E-state index contributed by atoms with van der Waals surface area (Å²) < 4.78 is 27.2. The molecule has 3 rings (SSSR count). The molecule has 0 N–H and O–H groups in total. The van der Waals surface area contributed by atoms with E-state index in [0.717, 1.165) is 24.8 Å². The number of carbonyl (C=O) groups is 1. The molecule has 1 heterocycles. The number of halogens is 1. The number of fused-ring (bicyclic) bond motifs is 1. The predicted octanol–water partition coefficient (Wildman–Crippen LogP) is 2.89. The molecule has 0 aromatic heterocycles. The maximum Gasteiger partial charge on any atom is 0.266 e. The molecule has 0 bridgehead atoms. The molecule has 1 aliphatic carbocycles. The van der Waals surface area contributed by atoms with Gasteiger partial charge in [0.2, 0.25) is 5.91 Å². The van der Waals surface area contributed by atoms with Crippen molar-refractivity contribution in [1.29, 1.82) is 0 Å². The van der Waals surface area contributed by atoms with E-state index >= 15 is 0 Å². The lowest BCUT2D eigenvalue weighted by Crippen LogP contribution is -2.43. The minimum Gasteiger partial charge on any atom is -0.274 e. The molecule has 21 heavy (non-hydrogen) atoms. The number of amides is 1. The molecule has 1 aromatic carbocycles. The van der Waals surface area contributed by atoms with Crippen molar-refractivity contribution in [1.82, 2.24) is 4.31 Å². The van der Waals surface area contributed by atoms with E-state index in [1.54, 1.807) is 24.3 Å². The van der Waals surface area contributed by atoms with Gasteiger partial charge in [-0.25, -0.2) is 12.7 Å². The fraction of sp³-hybridized carbons (Fsp3) is 0.533. The highest BCUT2D eigenvalue weighted by Crippen LogP contribution is 2.42. The quantitative estimate of drug-likeness (QED) is 0.547. The van der Waals surface area contributed by atoms with E-state index in [1.807, 2.05) is 6.92 Å². The van der Waals surface area contributed by atoms with Gasteiger partial charge in [-0.1, -0.05) is 46.7 Å². The van der Waals surface area contributed by atoms with Crippen LogP contribution in [0.5, 0.6) is 0 Å². The Balaban J connectivity index is 1.98. The second-order valence-electron chi connectivity index (χ2n) is 5.89. The van der Waals surface area contributed by atoms with Crippen LogP contribution in [0.4, 0.5) is 0 Å². The zero-order chi connectivity index (χ0) is 15.2. The van der Waals surface area contributed by atoms with Crippen LogP contribution in [0, 0.1) is 12.8 Å². The Morgan fingerprint density at radius 1 is 1.19 bits per heavy atom. The summed E-state index contributed by atoms with van der Waals surface area (Å²) in [5.41, 5.74) is 1.00. The Morgan fingerprint density at radius 2 is 1.86 bits per heavy atom. The fourth-order valence-electron chi connectivity index (χ4n) is 3.36. The summed E-state index contributed by atoms with van der Waals surface area (Å²) in [6.07, 6.45) is 3.22. The molecule has 1 aliphatic heterocycles. The van der Waals surface area contributed by atoms with Crippen molar-refractivity contribution in [3.05, 3.63) is 29.8 Å². The molecule has 1 aromatic rings. The van der Waals surface area contributed by atoms with Crippen molar-refractivity contribution in [2.24, 2.45) is 5.92 Å². The first-order chi connectivity index (χ1) is 9.91. The second kappa shape index (κ2) is 5.53. The molecule has 0 radical (unpaired) electrons. The molecule has 1 saturated heterocycles. The molecule has 1 amide bonds. The van der Waals surface area contributed by atoms with Crippen molar-refractivity contribution < 1.29 is 13.2 Å². The molecule has 6 heteroatoms. The van der Waals surface area contributed by atoms with E-state index in [4.69, 9.17) is 0 Å². The number of hydrogen-bond acceptors (Lipinski definition) is 3. The third kappa shape index (κ3) is 2.60. The highest BCUT2D eigenvalue weighted by atomic mass is 127. The fourth-order valence-corrected chi connectivity index (χ4v) is 6.20. The highest BCUT2D eigenvalue weighted by Gasteiger charge is 2.49. The normalized spacial score (nSPS) is 29.5. The molecule has 2 fully saturated rings. The number of aryl methyl sites for hydroxylation is 1. The number of carbonyl (C=O) groups excluding carboxylic acids is 1. The molecule has 1 saturated carbocycles. The van der Waals surface area contributed by atoms with Crippen LogP contribution >= 0.6 is 22.6 Å². The van der Waals surface area contributed by atoms with Gasteiger partial charge in [-0.2, -0.15) is 0 Å². The topological polar surface area (TPSA) is 54.5 Å². The van der Waals surface area contributed by atoms with Gasteiger partial charge in [-0.05, 0) is 31.9 Å². The van der Waals surface area contributed by atoms with E-state index < -0.39 is 10.0 Å². The first kappa shape index (κ1) is 15.3. The first-order valence-electron chi connectivity index (χ1n) is 7.19. The Kier molecular flexibility index (Phi) is 4.02. The van der Waals surface area contributed by atoms with Gasteiger partial charge in [0.25, 0.3) is 10.0 Å². The molecular formula is C15H18INO3S. The summed E-state index contributed by atoms with van der Waals surface area (Å²) in [4.78, 5) is 12.5. The summed E-state index contributed by atoms with van der Waals surface area (Å²) in [7, 11) is -3.72. The van der Waals surface area contributed by atoms with Gasteiger partial charge in [-0.3, -0.25) is 4.79 Å². The second-order valence-corrected chi connectivity index (χ2v) is 9.30. The number of hydrogen-bond donors (Lipinski definition) is 0. The van der Waals surface area contributed by atoms with E-state index in [2.05, 4.69) is 22.6 Å². The van der Waals surface area contributed by atoms with Gasteiger partial charge in [0.15, 0.2) is 0 Å². The summed E-state index contributed by atoms with van der Waals surface area (Å²) in [5, 5.41) is 0. The van der Waals surface area contributed by atoms with Crippen molar-refractivity contribution in [3.8, 4) is 0 Å². The largest absolute Gasteiger partial charge is 0.274 e. The molecule has 0 unspecified atom stereocenters. The van der Waals surface area contributed by atoms with Crippen LogP contribution in [0.3, 0.4) is 0 Å². The van der Waals surface area contributed by atoms with Crippen LogP contribution in [-0.4, -0.2) is 28.6 Å². The lowest BCUT2D eigenvalue weighted by Gasteiger charge is -2.33. The van der Waals surface area contributed by atoms with Gasteiger partial charge in [0, 0.05) is 16.3 Å². The number of nitrogens with zero attached hydrogens (tertiary/aromatic N) is 1.